The minimum atomic E-state index is 0.342. The molecule has 7 nitrogen and oxygen atoms in total. The molecule has 9 heteroatoms. The number of hydrogen-bond donors (Lipinski definition) is 2. The van der Waals surface area contributed by atoms with E-state index >= 15 is 0 Å². The molecule has 0 unspecified atom stereocenters. The average molecular weight is 425 g/mol. The van der Waals surface area contributed by atoms with E-state index in [-0.39, 0.29) is 0 Å². The molecule has 1 aromatic heterocycles. The molecule has 0 amide bonds. The molecule has 2 aromatic carbocycles. The summed E-state index contributed by atoms with van der Waals surface area (Å²) < 4.78 is 12.2. The van der Waals surface area contributed by atoms with Crippen molar-refractivity contribution >= 4 is 33.5 Å². The van der Waals surface area contributed by atoms with Gasteiger partial charge in [0, 0.05) is 17.1 Å². The molecular formula is C16H15BrClN5O2. The van der Waals surface area contributed by atoms with Gasteiger partial charge < -0.3 is 14.8 Å². The van der Waals surface area contributed by atoms with Crippen LogP contribution in [0.15, 0.2) is 40.9 Å². The molecule has 0 fully saturated rings. The van der Waals surface area contributed by atoms with E-state index in [1.807, 2.05) is 36.4 Å². The number of aromatic amines is 1. The Morgan fingerprint density at radius 3 is 2.84 bits per heavy atom. The maximum absolute atomic E-state index is 6.17. The number of nitrogens with one attached hydrogen (secondary N) is 2. The van der Waals surface area contributed by atoms with E-state index in [1.54, 1.807) is 7.11 Å². The normalized spacial score (nSPS) is 10.5. The van der Waals surface area contributed by atoms with E-state index in [0.29, 0.717) is 35.6 Å². The molecule has 0 radical (unpaired) electrons. The number of H-pyrrole nitrogens is 1. The lowest BCUT2D eigenvalue weighted by molar-refractivity contribution is 0.282. The van der Waals surface area contributed by atoms with Crippen LogP contribution in [0.2, 0.25) is 5.02 Å². The molecule has 0 saturated carbocycles. The SMILES string of the molecule is COc1cc(CNc2nn[nH]n2)cc(Br)c1OCc1ccccc1Cl. The number of nitrogens with zero attached hydrogens (tertiary/aromatic N) is 3. The maximum Gasteiger partial charge on any atom is 0.263 e. The second kappa shape index (κ2) is 8.17. The molecule has 2 N–H and O–H groups in total. The van der Waals surface area contributed by atoms with Crippen LogP contribution in [0.4, 0.5) is 5.95 Å². The van der Waals surface area contributed by atoms with Gasteiger partial charge in [-0.2, -0.15) is 5.21 Å². The van der Waals surface area contributed by atoms with Gasteiger partial charge in [0.1, 0.15) is 6.61 Å². The molecule has 3 rings (SSSR count). The van der Waals surface area contributed by atoms with Gasteiger partial charge in [0.15, 0.2) is 11.5 Å². The van der Waals surface area contributed by atoms with Crippen LogP contribution >= 0.6 is 27.5 Å². The third-order valence-electron chi connectivity index (χ3n) is 3.42. The van der Waals surface area contributed by atoms with Gasteiger partial charge in [-0.1, -0.05) is 34.9 Å². The summed E-state index contributed by atoms with van der Waals surface area (Å²) in [6.07, 6.45) is 0. The molecule has 0 saturated heterocycles. The Bertz CT molecular complexity index is 845. The van der Waals surface area contributed by atoms with E-state index in [1.165, 1.54) is 0 Å². The van der Waals surface area contributed by atoms with E-state index in [4.69, 9.17) is 21.1 Å². The molecule has 0 aliphatic carbocycles. The number of hydrogen-bond acceptors (Lipinski definition) is 6. The molecule has 0 atom stereocenters. The van der Waals surface area contributed by atoms with Crippen LogP contribution in [0.5, 0.6) is 11.5 Å². The van der Waals surface area contributed by atoms with Crippen molar-refractivity contribution in [2.45, 2.75) is 13.2 Å². The predicted octanol–water partition coefficient (Wildman–Crippen LogP) is 3.82. The minimum absolute atomic E-state index is 0.342. The first-order valence-electron chi connectivity index (χ1n) is 7.37. The first kappa shape index (κ1) is 17.5. The number of tetrazole rings is 1. The highest BCUT2D eigenvalue weighted by atomic mass is 79.9. The van der Waals surface area contributed by atoms with Crippen LogP contribution in [0.25, 0.3) is 0 Å². The van der Waals surface area contributed by atoms with Gasteiger partial charge in [0.2, 0.25) is 0 Å². The minimum Gasteiger partial charge on any atom is -0.493 e. The largest absolute Gasteiger partial charge is 0.493 e. The summed E-state index contributed by atoms with van der Waals surface area (Å²) in [4.78, 5) is 0. The zero-order valence-electron chi connectivity index (χ0n) is 13.3. The topological polar surface area (TPSA) is 85.0 Å². The van der Waals surface area contributed by atoms with Crippen LogP contribution in [0, 0.1) is 0 Å². The van der Waals surface area contributed by atoms with Gasteiger partial charge in [-0.25, -0.2) is 0 Å². The maximum atomic E-state index is 6.17. The van der Waals surface area contributed by atoms with Gasteiger partial charge in [-0.15, -0.1) is 5.10 Å². The Balaban J connectivity index is 1.74. The second-order valence-electron chi connectivity index (χ2n) is 5.08. The van der Waals surface area contributed by atoms with Crippen molar-refractivity contribution in [1.29, 1.82) is 0 Å². The molecule has 3 aromatic rings. The van der Waals surface area contributed by atoms with Gasteiger partial charge in [0.25, 0.3) is 5.95 Å². The highest BCUT2D eigenvalue weighted by molar-refractivity contribution is 9.10. The van der Waals surface area contributed by atoms with E-state index < -0.39 is 0 Å². The predicted molar refractivity (Wildman–Crippen MR) is 98.0 cm³/mol. The number of halogens is 2. The van der Waals surface area contributed by atoms with Gasteiger partial charge in [-0.3, -0.25) is 0 Å². The van der Waals surface area contributed by atoms with E-state index in [2.05, 4.69) is 41.9 Å². The van der Waals surface area contributed by atoms with Crippen LogP contribution in [-0.2, 0) is 13.2 Å². The van der Waals surface area contributed by atoms with Gasteiger partial charge in [-0.05, 0) is 44.9 Å². The molecule has 0 bridgehead atoms. The lowest BCUT2D eigenvalue weighted by Gasteiger charge is -2.15. The molecule has 0 spiro atoms. The third kappa shape index (κ3) is 4.40. The Morgan fingerprint density at radius 2 is 2.12 bits per heavy atom. The van der Waals surface area contributed by atoms with E-state index in [0.717, 1.165) is 15.6 Å². The Hall–Kier alpha value is -2.32. The van der Waals surface area contributed by atoms with Crippen molar-refractivity contribution in [1.82, 2.24) is 20.6 Å². The smallest absolute Gasteiger partial charge is 0.263 e. The number of anilines is 1. The van der Waals surface area contributed by atoms with Crippen molar-refractivity contribution in [3.63, 3.8) is 0 Å². The Labute approximate surface area is 157 Å². The second-order valence-corrected chi connectivity index (χ2v) is 6.34. The van der Waals surface area contributed by atoms with Crippen LogP contribution in [-0.4, -0.2) is 27.7 Å². The summed E-state index contributed by atoms with van der Waals surface area (Å²) in [6, 6.07) is 11.4. The highest BCUT2D eigenvalue weighted by Crippen LogP contribution is 2.37. The number of aromatic nitrogens is 4. The van der Waals surface area contributed by atoms with Crippen molar-refractivity contribution < 1.29 is 9.47 Å². The fourth-order valence-corrected chi connectivity index (χ4v) is 2.99. The van der Waals surface area contributed by atoms with Gasteiger partial charge in [0.05, 0.1) is 11.6 Å². The Kier molecular flexibility index (Phi) is 5.72. The first-order chi connectivity index (χ1) is 12.2. The lowest BCUT2D eigenvalue weighted by Crippen LogP contribution is -2.04. The molecule has 0 aliphatic heterocycles. The van der Waals surface area contributed by atoms with E-state index in [9.17, 15) is 0 Å². The van der Waals surface area contributed by atoms with Crippen LogP contribution in [0.1, 0.15) is 11.1 Å². The first-order valence-corrected chi connectivity index (χ1v) is 8.54. The summed E-state index contributed by atoms with van der Waals surface area (Å²) >= 11 is 9.70. The highest BCUT2D eigenvalue weighted by Gasteiger charge is 2.13. The van der Waals surface area contributed by atoms with Crippen molar-refractivity contribution in [2.24, 2.45) is 0 Å². The average Bonchev–Trinajstić information content (AvgIpc) is 3.13. The molecule has 130 valence electrons. The number of ether oxygens (including phenoxy) is 2. The number of benzene rings is 2. The monoisotopic (exact) mass is 423 g/mol. The van der Waals surface area contributed by atoms with Crippen LogP contribution < -0.4 is 14.8 Å². The van der Waals surface area contributed by atoms with Crippen LogP contribution in [0.3, 0.4) is 0 Å². The molecular weight excluding hydrogens is 410 g/mol. The summed E-state index contributed by atoms with van der Waals surface area (Å²) in [5, 5.41) is 17.3. The molecule has 1 heterocycles. The van der Waals surface area contributed by atoms with Crippen molar-refractivity contribution in [3.8, 4) is 11.5 Å². The molecule has 0 aliphatic rings. The van der Waals surface area contributed by atoms with Gasteiger partial charge >= 0.3 is 0 Å². The fourth-order valence-electron chi connectivity index (χ4n) is 2.20. The summed E-state index contributed by atoms with van der Waals surface area (Å²) in [5.74, 6) is 1.66. The fraction of sp³-hybridized carbons (Fsp3) is 0.188. The van der Waals surface area contributed by atoms with Crippen molar-refractivity contribution in [3.05, 3.63) is 57.0 Å². The standard InChI is InChI=1S/C16H15BrClN5O2/c1-24-14-7-10(8-19-16-20-22-23-21-16)6-12(17)15(14)25-9-11-4-2-3-5-13(11)18/h2-7H,8-9H2,1H3,(H2,19,20,21,22,23). The quantitative estimate of drug-likeness (QED) is 0.600. The summed E-state index contributed by atoms with van der Waals surface area (Å²) in [6.45, 7) is 0.856. The van der Waals surface area contributed by atoms with Crippen molar-refractivity contribution in [2.75, 3.05) is 12.4 Å². The zero-order valence-corrected chi connectivity index (χ0v) is 15.6. The number of methoxy groups -OCH3 is 1. The molecule has 25 heavy (non-hydrogen) atoms. The lowest BCUT2D eigenvalue weighted by atomic mass is 10.2. The summed E-state index contributed by atoms with van der Waals surface area (Å²) in [5.41, 5.74) is 1.87. The summed E-state index contributed by atoms with van der Waals surface area (Å²) in [7, 11) is 1.60. The Morgan fingerprint density at radius 1 is 1.28 bits per heavy atom. The zero-order chi connectivity index (χ0) is 17.6. The number of rotatable bonds is 7. The third-order valence-corrected chi connectivity index (χ3v) is 4.37.